The van der Waals surface area contributed by atoms with Gasteiger partial charge in [-0.15, -0.1) is 10.2 Å². The highest BCUT2D eigenvalue weighted by molar-refractivity contribution is 6.34. The van der Waals surface area contributed by atoms with Crippen molar-refractivity contribution in [2.45, 2.75) is 27.7 Å². The van der Waals surface area contributed by atoms with Gasteiger partial charge in [-0.25, -0.2) is 0 Å². The molecule has 0 saturated heterocycles. The van der Waals surface area contributed by atoms with Crippen LogP contribution in [-0.4, -0.2) is 34.0 Å². The van der Waals surface area contributed by atoms with E-state index < -0.39 is 0 Å². The third-order valence-corrected chi connectivity index (χ3v) is 5.95. The van der Waals surface area contributed by atoms with Crippen molar-refractivity contribution in [3.8, 4) is 5.69 Å². The van der Waals surface area contributed by atoms with Gasteiger partial charge in [-0.05, 0) is 81.3 Å². The monoisotopic (exact) mass is 447 g/mol. The van der Waals surface area contributed by atoms with E-state index in [0.717, 1.165) is 35.4 Å². The number of benzene rings is 3. The van der Waals surface area contributed by atoms with Gasteiger partial charge in [0, 0.05) is 24.5 Å². The van der Waals surface area contributed by atoms with Crippen LogP contribution in [0.25, 0.3) is 16.7 Å². The van der Waals surface area contributed by atoms with E-state index in [9.17, 15) is 4.79 Å². The molecule has 0 bridgehead atoms. The Balaban J connectivity index is 1.66. The number of carbonyl (C=O) groups excluding carboxylic acids is 1. The smallest absolute Gasteiger partial charge is 0.257 e. The summed E-state index contributed by atoms with van der Waals surface area (Å²) in [6, 6.07) is 17.1. The van der Waals surface area contributed by atoms with E-state index in [1.807, 2.05) is 19.1 Å². The molecule has 0 fully saturated rings. The number of anilines is 2. The summed E-state index contributed by atoms with van der Waals surface area (Å²) in [4.78, 5) is 16.7. The van der Waals surface area contributed by atoms with Crippen LogP contribution in [0.2, 0.25) is 5.02 Å². The fourth-order valence-corrected chi connectivity index (χ4v) is 4.02. The number of aromatic nitrogens is 3. The summed E-state index contributed by atoms with van der Waals surface area (Å²) in [5, 5.41) is 12.7. The molecular weight excluding hydrogens is 422 g/mol. The summed E-state index contributed by atoms with van der Waals surface area (Å²) < 4.78 is 0. The maximum Gasteiger partial charge on any atom is 0.257 e. The molecule has 1 heterocycles. The zero-order valence-corrected chi connectivity index (χ0v) is 19.4. The van der Waals surface area contributed by atoms with E-state index in [1.165, 1.54) is 5.69 Å². The number of amides is 1. The second kappa shape index (κ2) is 9.01. The van der Waals surface area contributed by atoms with E-state index in [-0.39, 0.29) is 5.91 Å². The van der Waals surface area contributed by atoms with Gasteiger partial charge in [-0.1, -0.05) is 23.7 Å². The normalized spacial score (nSPS) is 11.0. The van der Waals surface area contributed by atoms with Crippen LogP contribution in [0.4, 0.5) is 11.4 Å². The van der Waals surface area contributed by atoms with Crippen molar-refractivity contribution < 1.29 is 4.79 Å². The molecule has 4 aromatic rings. The summed E-state index contributed by atoms with van der Waals surface area (Å²) in [5.41, 5.74) is 6.70. The lowest BCUT2D eigenvalue weighted by atomic mass is 10.1. The van der Waals surface area contributed by atoms with Crippen LogP contribution in [0.5, 0.6) is 0 Å². The van der Waals surface area contributed by atoms with Gasteiger partial charge in [0.05, 0.1) is 16.3 Å². The highest BCUT2D eigenvalue weighted by atomic mass is 35.5. The average Bonchev–Trinajstić information content (AvgIpc) is 3.17. The van der Waals surface area contributed by atoms with Gasteiger partial charge in [-0.2, -0.15) is 4.80 Å². The van der Waals surface area contributed by atoms with Crippen molar-refractivity contribution in [3.05, 3.63) is 76.3 Å². The van der Waals surface area contributed by atoms with Crippen molar-refractivity contribution in [1.29, 1.82) is 0 Å². The second-order valence-corrected chi connectivity index (χ2v) is 8.13. The largest absolute Gasteiger partial charge is 0.372 e. The van der Waals surface area contributed by atoms with Gasteiger partial charge >= 0.3 is 0 Å². The first kappa shape index (κ1) is 21.8. The standard InChI is InChI=1S/C25H26ClN5O/c1-5-30(6-2)18-11-12-24(17(4)13-18)31-28-22-14-16(3)21(15-23(22)29-31)27-25(32)19-9-7-8-10-20(19)26/h7-15H,5-6H2,1-4H3,(H,27,32). The number of aryl methyl sites for hydroxylation is 2. The van der Waals surface area contributed by atoms with Crippen LogP contribution >= 0.6 is 11.6 Å². The molecule has 3 aromatic carbocycles. The summed E-state index contributed by atoms with van der Waals surface area (Å²) >= 11 is 6.17. The maximum atomic E-state index is 12.7. The fourth-order valence-electron chi connectivity index (χ4n) is 3.79. The van der Waals surface area contributed by atoms with E-state index in [4.69, 9.17) is 11.6 Å². The Hall–Kier alpha value is -3.38. The summed E-state index contributed by atoms with van der Waals surface area (Å²) in [5.74, 6) is -0.256. The highest BCUT2D eigenvalue weighted by Gasteiger charge is 2.15. The molecule has 7 heteroatoms. The minimum atomic E-state index is -0.256. The molecule has 0 aliphatic carbocycles. The molecule has 0 aliphatic heterocycles. The van der Waals surface area contributed by atoms with Crippen molar-refractivity contribution in [2.75, 3.05) is 23.3 Å². The van der Waals surface area contributed by atoms with Gasteiger partial charge in [0.1, 0.15) is 11.0 Å². The molecule has 1 aromatic heterocycles. The molecule has 32 heavy (non-hydrogen) atoms. The number of rotatable bonds is 6. The molecule has 0 saturated carbocycles. The molecule has 1 amide bonds. The van der Waals surface area contributed by atoms with Crippen molar-refractivity contribution in [2.24, 2.45) is 0 Å². The molecule has 0 atom stereocenters. The molecule has 164 valence electrons. The number of hydrogen-bond donors (Lipinski definition) is 1. The molecular formula is C25H26ClN5O. The lowest BCUT2D eigenvalue weighted by Crippen LogP contribution is -2.21. The number of carbonyl (C=O) groups is 1. The molecule has 6 nitrogen and oxygen atoms in total. The van der Waals surface area contributed by atoms with Crippen LogP contribution in [0.15, 0.2) is 54.6 Å². The maximum absolute atomic E-state index is 12.7. The van der Waals surface area contributed by atoms with E-state index in [2.05, 4.69) is 59.4 Å². The second-order valence-electron chi connectivity index (χ2n) is 7.72. The van der Waals surface area contributed by atoms with Crippen molar-refractivity contribution in [3.63, 3.8) is 0 Å². The topological polar surface area (TPSA) is 63.1 Å². The lowest BCUT2D eigenvalue weighted by molar-refractivity contribution is 0.102. The SMILES string of the molecule is CCN(CC)c1ccc(-n2nc3cc(C)c(NC(=O)c4ccccc4Cl)cc3n2)c(C)c1. The van der Waals surface area contributed by atoms with Crippen LogP contribution in [0, 0.1) is 13.8 Å². The number of nitrogens with zero attached hydrogens (tertiary/aromatic N) is 4. The number of fused-ring (bicyclic) bond motifs is 1. The number of nitrogens with one attached hydrogen (secondary N) is 1. The zero-order valence-electron chi connectivity index (χ0n) is 18.7. The minimum absolute atomic E-state index is 0.256. The molecule has 0 unspecified atom stereocenters. The van der Waals surface area contributed by atoms with E-state index in [0.29, 0.717) is 21.8 Å². The predicted molar refractivity (Wildman–Crippen MR) is 131 cm³/mol. The third-order valence-electron chi connectivity index (χ3n) is 5.62. The molecule has 0 spiro atoms. The van der Waals surface area contributed by atoms with Crippen LogP contribution < -0.4 is 10.2 Å². The van der Waals surface area contributed by atoms with Crippen molar-refractivity contribution >= 4 is 39.9 Å². The van der Waals surface area contributed by atoms with Gasteiger partial charge in [0.15, 0.2) is 0 Å². The first-order chi connectivity index (χ1) is 15.4. The average molecular weight is 448 g/mol. The summed E-state index contributed by atoms with van der Waals surface area (Å²) in [7, 11) is 0. The highest BCUT2D eigenvalue weighted by Crippen LogP contribution is 2.26. The van der Waals surface area contributed by atoms with Gasteiger partial charge in [-0.3, -0.25) is 4.79 Å². The third kappa shape index (κ3) is 4.18. The Kier molecular flexibility index (Phi) is 6.15. The Morgan fingerprint density at radius 2 is 1.66 bits per heavy atom. The molecule has 0 radical (unpaired) electrons. The Morgan fingerprint density at radius 1 is 0.969 bits per heavy atom. The molecule has 4 rings (SSSR count). The number of hydrogen-bond acceptors (Lipinski definition) is 4. The first-order valence-corrected chi connectivity index (χ1v) is 11.1. The van der Waals surface area contributed by atoms with Gasteiger partial charge < -0.3 is 10.2 Å². The predicted octanol–water partition coefficient (Wildman–Crippen LogP) is 5.79. The lowest BCUT2D eigenvalue weighted by Gasteiger charge is -2.22. The van der Waals surface area contributed by atoms with Crippen molar-refractivity contribution in [1.82, 2.24) is 15.0 Å². The van der Waals surface area contributed by atoms with Crippen LogP contribution in [-0.2, 0) is 0 Å². The first-order valence-electron chi connectivity index (χ1n) is 10.7. The van der Waals surface area contributed by atoms with Gasteiger partial charge in [0.2, 0.25) is 0 Å². The zero-order chi connectivity index (χ0) is 22.8. The van der Waals surface area contributed by atoms with E-state index >= 15 is 0 Å². The summed E-state index contributed by atoms with van der Waals surface area (Å²) in [6.07, 6.45) is 0. The molecule has 1 N–H and O–H groups in total. The minimum Gasteiger partial charge on any atom is -0.372 e. The van der Waals surface area contributed by atoms with Crippen LogP contribution in [0.1, 0.15) is 35.3 Å². The van der Waals surface area contributed by atoms with Crippen LogP contribution in [0.3, 0.4) is 0 Å². The van der Waals surface area contributed by atoms with Gasteiger partial charge in [0.25, 0.3) is 5.91 Å². The quantitative estimate of drug-likeness (QED) is 0.406. The summed E-state index contributed by atoms with van der Waals surface area (Å²) in [6.45, 7) is 10.2. The molecule has 0 aliphatic rings. The van der Waals surface area contributed by atoms with E-state index in [1.54, 1.807) is 29.1 Å². The Bertz CT molecular complexity index is 1290. The number of halogens is 1. The fraction of sp³-hybridized carbons (Fsp3) is 0.240. The Morgan fingerprint density at radius 3 is 2.31 bits per heavy atom. The Labute approximate surface area is 192 Å².